The molecule has 0 amide bonds. The number of carbonyl (C=O) groups excluding carboxylic acids is 1. The Morgan fingerprint density at radius 1 is 1.33 bits per heavy atom. The Morgan fingerprint density at radius 2 is 2.22 bits per heavy atom. The van der Waals surface area contributed by atoms with Gasteiger partial charge < -0.3 is 0 Å². The molecule has 0 spiro atoms. The third-order valence-corrected chi connectivity index (χ3v) is 4.95. The molecule has 0 bridgehead atoms. The van der Waals surface area contributed by atoms with Crippen molar-refractivity contribution in [1.82, 2.24) is 10.2 Å². The zero-order valence-corrected chi connectivity index (χ0v) is 11.4. The SMILES string of the molecule is O=C(CSc1nncs1)c1ccc2c(c1)CCC2. The average molecular weight is 276 g/mol. The Bertz CT molecular complexity index is 566. The van der Waals surface area contributed by atoms with E-state index in [1.807, 2.05) is 6.07 Å². The Balaban J connectivity index is 1.69. The van der Waals surface area contributed by atoms with Gasteiger partial charge in [0.2, 0.25) is 0 Å². The summed E-state index contributed by atoms with van der Waals surface area (Å²) in [6.45, 7) is 0. The van der Waals surface area contributed by atoms with Crippen molar-refractivity contribution in [3.8, 4) is 0 Å². The number of benzene rings is 1. The molecule has 0 aliphatic heterocycles. The predicted molar refractivity (Wildman–Crippen MR) is 73.4 cm³/mol. The van der Waals surface area contributed by atoms with Crippen molar-refractivity contribution < 1.29 is 4.79 Å². The monoisotopic (exact) mass is 276 g/mol. The van der Waals surface area contributed by atoms with Crippen LogP contribution >= 0.6 is 23.1 Å². The van der Waals surface area contributed by atoms with Crippen molar-refractivity contribution in [2.45, 2.75) is 23.6 Å². The zero-order chi connectivity index (χ0) is 12.4. The van der Waals surface area contributed by atoms with Crippen LogP contribution in [0.25, 0.3) is 0 Å². The normalized spacial score (nSPS) is 13.6. The summed E-state index contributed by atoms with van der Waals surface area (Å²) in [5, 5.41) is 7.68. The van der Waals surface area contributed by atoms with Crippen molar-refractivity contribution in [1.29, 1.82) is 0 Å². The fourth-order valence-electron chi connectivity index (χ4n) is 2.18. The topological polar surface area (TPSA) is 42.9 Å². The van der Waals surface area contributed by atoms with Gasteiger partial charge in [0.1, 0.15) is 5.51 Å². The number of aryl methyl sites for hydroxylation is 2. The van der Waals surface area contributed by atoms with Gasteiger partial charge in [0, 0.05) is 5.56 Å². The molecular formula is C13H12N2OS2. The van der Waals surface area contributed by atoms with Crippen LogP contribution in [0.3, 0.4) is 0 Å². The highest BCUT2D eigenvalue weighted by Crippen LogP contribution is 2.24. The maximum atomic E-state index is 12.1. The number of thioether (sulfide) groups is 1. The number of nitrogens with zero attached hydrogens (tertiary/aromatic N) is 2. The molecule has 3 nitrogen and oxygen atoms in total. The zero-order valence-electron chi connectivity index (χ0n) is 9.76. The summed E-state index contributed by atoms with van der Waals surface area (Å²) in [5.41, 5.74) is 5.26. The quantitative estimate of drug-likeness (QED) is 0.636. The summed E-state index contributed by atoms with van der Waals surface area (Å²) in [4.78, 5) is 12.1. The molecule has 0 saturated carbocycles. The van der Waals surface area contributed by atoms with Gasteiger partial charge >= 0.3 is 0 Å². The van der Waals surface area contributed by atoms with Gasteiger partial charge in [-0.05, 0) is 36.5 Å². The highest BCUT2D eigenvalue weighted by atomic mass is 32.2. The molecule has 0 N–H and O–H groups in total. The van der Waals surface area contributed by atoms with Gasteiger partial charge in [0.15, 0.2) is 10.1 Å². The molecule has 92 valence electrons. The largest absolute Gasteiger partial charge is 0.293 e. The fourth-order valence-corrected chi connectivity index (χ4v) is 3.56. The number of carbonyl (C=O) groups is 1. The second-order valence-electron chi connectivity index (χ2n) is 4.25. The molecule has 0 radical (unpaired) electrons. The summed E-state index contributed by atoms with van der Waals surface area (Å²) in [6, 6.07) is 6.11. The van der Waals surface area contributed by atoms with E-state index in [-0.39, 0.29) is 5.78 Å². The van der Waals surface area contributed by atoms with Gasteiger partial charge in [-0.3, -0.25) is 4.79 Å². The molecule has 5 heteroatoms. The molecule has 0 fully saturated rings. The summed E-state index contributed by atoms with van der Waals surface area (Å²) in [6.07, 6.45) is 3.48. The van der Waals surface area contributed by atoms with E-state index in [4.69, 9.17) is 0 Å². The summed E-state index contributed by atoms with van der Waals surface area (Å²) < 4.78 is 0.851. The fraction of sp³-hybridized carbons (Fsp3) is 0.308. The molecule has 1 aliphatic rings. The van der Waals surface area contributed by atoms with Crippen molar-refractivity contribution in [3.63, 3.8) is 0 Å². The second kappa shape index (κ2) is 5.20. The average Bonchev–Trinajstić information content (AvgIpc) is 3.05. The molecule has 3 rings (SSSR count). The predicted octanol–water partition coefficient (Wildman–Crippen LogP) is 3.00. The lowest BCUT2D eigenvalue weighted by molar-refractivity contribution is 0.102. The number of hydrogen-bond acceptors (Lipinski definition) is 5. The van der Waals surface area contributed by atoms with Crippen LogP contribution < -0.4 is 0 Å². The van der Waals surface area contributed by atoms with Gasteiger partial charge in [0.05, 0.1) is 5.75 Å². The molecule has 0 atom stereocenters. The van der Waals surface area contributed by atoms with Crippen molar-refractivity contribution in [2.75, 3.05) is 5.75 Å². The van der Waals surface area contributed by atoms with Crippen LogP contribution in [0.15, 0.2) is 28.0 Å². The number of rotatable bonds is 4. The van der Waals surface area contributed by atoms with Crippen LogP contribution in [-0.4, -0.2) is 21.7 Å². The molecule has 1 heterocycles. The van der Waals surface area contributed by atoms with Crippen LogP contribution in [0.4, 0.5) is 0 Å². The minimum atomic E-state index is 0.171. The van der Waals surface area contributed by atoms with Gasteiger partial charge in [-0.1, -0.05) is 35.2 Å². The van der Waals surface area contributed by atoms with E-state index >= 15 is 0 Å². The van der Waals surface area contributed by atoms with Crippen LogP contribution in [0, 0.1) is 0 Å². The molecule has 0 unspecified atom stereocenters. The molecule has 1 aromatic carbocycles. The van der Waals surface area contributed by atoms with E-state index in [1.54, 1.807) is 5.51 Å². The van der Waals surface area contributed by atoms with Crippen LogP contribution in [-0.2, 0) is 12.8 Å². The maximum Gasteiger partial charge on any atom is 0.174 e. The van der Waals surface area contributed by atoms with E-state index in [2.05, 4.69) is 22.3 Å². The molecule has 0 saturated heterocycles. The summed E-state index contributed by atoms with van der Waals surface area (Å²) in [7, 11) is 0. The highest BCUT2D eigenvalue weighted by Gasteiger charge is 2.14. The van der Waals surface area contributed by atoms with Gasteiger partial charge in [-0.25, -0.2) is 0 Å². The molecular weight excluding hydrogens is 264 g/mol. The number of fused-ring (bicyclic) bond motifs is 1. The Hall–Kier alpha value is -1.20. The standard InChI is InChI=1S/C13H12N2OS2/c16-12(7-17-13-15-14-8-18-13)11-5-4-9-2-1-3-10(9)6-11/h4-6,8H,1-3,7H2. The minimum Gasteiger partial charge on any atom is -0.293 e. The van der Waals surface area contributed by atoms with Gasteiger partial charge in [-0.2, -0.15) is 0 Å². The van der Waals surface area contributed by atoms with Gasteiger partial charge in [-0.15, -0.1) is 10.2 Å². The van der Waals surface area contributed by atoms with E-state index in [1.165, 1.54) is 40.6 Å². The minimum absolute atomic E-state index is 0.171. The first kappa shape index (κ1) is 11.9. The Kier molecular flexibility index (Phi) is 3.43. The van der Waals surface area contributed by atoms with Crippen molar-refractivity contribution in [2.24, 2.45) is 0 Å². The van der Waals surface area contributed by atoms with Crippen molar-refractivity contribution >= 4 is 28.9 Å². The summed E-state index contributed by atoms with van der Waals surface area (Å²) >= 11 is 2.93. The highest BCUT2D eigenvalue weighted by molar-refractivity contribution is 8.01. The number of aromatic nitrogens is 2. The number of ketones is 1. The van der Waals surface area contributed by atoms with E-state index in [0.29, 0.717) is 5.75 Å². The Morgan fingerprint density at radius 3 is 3.06 bits per heavy atom. The molecule has 2 aromatic rings. The first-order valence-corrected chi connectivity index (χ1v) is 7.73. The van der Waals surface area contributed by atoms with Crippen LogP contribution in [0.2, 0.25) is 0 Å². The van der Waals surface area contributed by atoms with E-state index in [0.717, 1.165) is 22.7 Å². The molecule has 18 heavy (non-hydrogen) atoms. The Labute approximate surface area is 114 Å². The van der Waals surface area contributed by atoms with Crippen molar-refractivity contribution in [3.05, 3.63) is 40.4 Å². The smallest absolute Gasteiger partial charge is 0.174 e. The first-order chi connectivity index (χ1) is 8.83. The maximum absolute atomic E-state index is 12.1. The lowest BCUT2D eigenvalue weighted by atomic mass is 10.0. The lowest BCUT2D eigenvalue weighted by Gasteiger charge is -2.03. The van der Waals surface area contributed by atoms with E-state index in [9.17, 15) is 4.79 Å². The lowest BCUT2D eigenvalue weighted by Crippen LogP contribution is -2.03. The molecule has 1 aliphatic carbocycles. The third-order valence-electron chi connectivity index (χ3n) is 3.09. The van der Waals surface area contributed by atoms with E-state index < -0.39 is 0 Å². The first-order valence-electron chi connectivity index (χ1n) is 5.87. The number of Topliss-reactive ketones (excluding diaryl/α,β-unsaturated/α-hetero) is 1. The third kappa shape index (κ3) is 2.47. The van der Waals surface area contributed by atoms with Crippen LogP contribution in [0.1, 0.15) is 27.9 Å². The number of hydrogen-bond donors (Lipinski definition) is 0. The van der Waals surface area contributed by atoms with Crippen LogP contribution in [0.5, 0.6) is 0 Å². The summed E-state index contributed by atoms with van der Waals surface area (Å²) in [5.74, 6) is 0.610. The molecule has 1 aromatic heterocycles. The second-order valence-corrected chi connectivity index (χ2v) is 6.31. The van der Waals surface area contributed by atoms with Gasteiger partial charge in [0.25, 0.3) is 0 Å².